The third-order valence-corrected chi connectivity index (χ3v) is 5.46. The molecule has 142 valence electrons. The Balaban J connectivity index is 1.46. The maximum Gasteiger partial charge on any atom is 0.317 e. The lowest BCUT2D eigenvalue weighted by Gasteiger charge is -2.32. The van der Waals surface area contributed by atoms with Gasteiger partial charge in [-0.3, -0.25) is 4.79 Å². The molecule has 1 aromatic carbocycles. The highest BCUT2D eigenvalue weighted by Gasteiger charge is 2.28. The Morgan fingerprint density at radius 3 is 2.58 bits per heavy atom. The van der Waals surface area contributed by atoms with E-state index in [1.54, 1.807) is 23.1 Å². The first-order chi connectivity index (χ1) is 12.5. The van der Waals surface area contributed by atoms with Gasteiger partial charge in [-0.1, -0.05) is 23.2 Å². The third-order valence-electron chi connectivity index (χ3n) is 4.72. The van der Waals surface area contributed by atoms with Crippen molar-refractivity contribution in [2.45, 2.75) is 18.9 Å². The van der Waals surface area contributed by atoms with Gasteiger partial charge >= 0.3 is 6.03 Å². The molecule has 2 saturated heterocycles. The van der Waals surface area contributed by atoms with Gasteiger partial charge in [-0.05, 0) is 31.0 Å². The molecule has 2 amide bonds. The highest BCUT2D eigenvalue weighted by Crippen LogP contribution is 2.27. The molecule has 0 spiro atoms. The summed E-state index contributed by atoms with van der Waals surface area (Å²) in [5.74, 6) is -0.0530. The van der Waals surface area contributed by atoms with Gasteiger partial charge < -0.3 is 19.7 Å². The fraction of sp³-hybridized carbons (Fsp3) is 0.556. The van der Waals surface area contributed by atoms with Crippen molar-refractivity contribution in [3.05, 3.63) is 33.8 Å². The lowest BCUT2D eigenvalue weighted by molar-refractivity contribution is -0.0856. The first kappa shape index (κ1) is 19.4. The number of ketones is 1. The molecular weight excluding hydrogens is 379 g/mol. The summed E-state index contributed by atoms with van der Waals surface area (Å²) in [4.78, 5) is 26.6. The van der Waals surface area contributed by atoms with Gasteiger partial charge in [0.15, 0.2) is 5.78 Å². The Kier molecular flexibility index (Phi) is 6.75. The molecule has 6 nitrogen and oxygen atoms in total. The van der Waals surface area contributed by atoms with E-state index in [2.05, 4.69) is 5.32 Å². The number of ether oxygens (including phenoxy) is 2. The maximum absolute atomic E-state index is 12.6. The third kappa shape index (κ3) is 4.88. The predicted molar refractivity (Wildman–Crippen MR) is 99.0 cm³/mol. The summed E-state index contributed by atoms with van der Waals surface area (Å²) in [6, 6.07) is 4.82. The van der Waals surface area contributed by atoms with Crippen molar-refractivity contribution in [1.29, 1.82) is 0 Å². The zero-order valence-electron chi connectivity index (χ0n) is 14.4. The number of urea groups is 1. The van der Waals surface area contributed by atoms with Crippen LogP contribution in [0.25, 0.3) is 0 Å². The molecule has 2 heterocycles. The number of likely N-dealkylation sites (tertiary alicyclic amines) is 1. The van der Waals surface area contributed by atoms with E-state index in [0.717, 1.165) is 0 Å². The maximum atomic E-state index is 12.6. The fourth-order valence-corrected chi connectivity index (χ4v) is 3.50. The van der Waals surface area contributed by atoms with Gasteiger partial charge in [0.05, 0.1) is 36.0 Å². The zero-order valence-corrected chi connectivity index (χ0v) is 15.9. The van der Waals surface area contributed by atoms with Crippen LogP contribution in [-0.4, -0.2) is 62.3 Å². The van der Waals surface area contributed by atoms with E-state index in [-0.39, 0.29) is 23.8 Å². The molecule has 2 aliphatic rings. The van der Waals surface area contributed by atoms with Gasteiger partial charge in [0.1, 0.15) is 0 Å². The van der Waals surface area contributed by atoms with Crippen LogP contribution in [0.4, 0.5) is 4.79 Å². The number of hydrogen-bond acceptors (Lipinski definition) is 4. The van der Waals surface area contributed by atoms with Gasteiger partial charge in [-0.25, -0.2) is 4.79 Å². The second-order valence-electron chi connectivity index (χ2n) is 6.51. The molecule has 1 atom stereocenters. The van der Waals surface area contributed by atoms with E-state index in [1.165, 1.54) is 0 Å². The van der Waals surface area contributed by atoms with E-state index in [4.69, 9.17) is 32.7 Å². The van der Waals surface area contributed by atoms with E-state index in [0.29, 0.717) is 67.9 Å². The van der Waals surface area contributed by atoms with Gasteiger partial charge in [0, 0.05) is 31.1 Å². The van der Waals surface area contributed by atoms with Crippen LogP contribution in [0.3, 0.4) is 0 Å². The molecule has 8 heteroatoms. The molecule has 2 aliphatic heterocycles. The van der Waals surface area contributed by atoms with Gasteiger partial charge in [-0.2, -0.15) is 0 Å². The van der Waals surface area contributed by atoms with Crippen LogP contribution in [0.1, 0.15) is 23.2 Å². The number of amides is 2. The summed E-state index contributed by atoms with van der Waals surface area (Å²) in [5, 5.41) is 3.69. The summed E-state index contributed by atoms with van der Waals surface area (Å²) in [7, 11) is 0. The predicted octanol–water partition coefficient (Wildman–Crippen LogP) is 3.01. The second kappa shape index (κ2) is 9.04. The molecule has 0 radical (unpaired) electrons. The number of benzene rings is 1. The van der Waals surface area contributed by atoms with E-state index in [9.17, 15) is 9.59 Å². The largest absolute Gasteiger partial charge is 0.376 e. The molecule has 0 saturated carbocycles. The van der Waals surface area contributed by atoms with Crippen molar-refractivity contribution in [2.24, 2.45) is 5.92 Å². The molecule has 1 N–H and O–H groups in total. The molecule has 0 aromatic heterocycles. The zero-order chi connectivity index (χ0) is 18.5. The minimum Gasteiger partial charge on any atom is -0.376 e. The Labute approximate surface area is 162 Å². The van der Waals surface area contributed by atoms with Crippen molar-refractivity contribution in [3.8, 4) is 0 Å². The van der Waals surface area contributed by atoms with Gasteiger partial charge in [-0.15, -0.1) is 0 Å². The van der Waals surface area contributed by atoms with Crippen molar-refractivity contribution < 1.29 is 19.1 Å². The Morgan fingerprint density at radius 1 is 1.15 bits per heavy atom. The van der Waals surface area contributed by atoms with Crippen molar-refractivity contribution >= 4 is 35.0 Å². The lowest BCUT2D eigenvalue weighted by Crippen LogP contribution is -2.48. The quantitative estimate of drug-likeness (QED) is 0.788. The van der Waals surface area contributed by atoms with E-state index < -0.39 is 0 Å². The standard InChI is InChI=1S/C18H22Cl2N2O4/c19-15-2-1-13(9-16(15)20)17(23)12-3-5-22(6-4-12)18(24)21-10-14-11-25-7-8-26-14/h1-2,9,12,14H,3-8,10-11H2,(H,21,24)/t14-/m1/s1. The molecule has 1 aromatic rings. The van der Waals surface area contributed by atoms with Crippen LogP contribution in [0.2, 0.25) is 10.0 Å². The SMILES string of the molecule is O=C(c1ccc(Cl)c(Cl)c1)C1CCN(C(=O)NC[C@@H]2COCCO2)CC1. The number of Topliss-reactive ketones (excluding diaryl/α,β-unsaturated/α-hetero) is 1. The van der Waals surface area contributed by atoms with Crippen LogP contribution in [0.5, 0.6) is 0 Å². The minimum atomic E-state index is -0.125. The van der Waals surface area contributed by atoms with Gasteiger partial charge in [0.2, 0.25) is 0 Å². The average molecular weight is 401 g/mol. The minimum absolute atomic E-state index is 0.0522. The molecule has 2 fully saturated rings. The first-order valence-electron chi connectivity index (χ1n) is 8.76. The Bertz CT molecular complexity index is 657. The summed E-state index contributed by atoms with van der Waals surface area (Å²) >= 11 is 11.9. The normalized spacial score (nSPS) is 21.5. The highest BCUT2D eigenvalue weighted by atomic mass is 35.5. The van der Waals surface area contributed by atoms with Crippen LogP contribution >= 0.6 is 23.2 Å². The van der Waals surface area contributed by atoms with E-state index >= 15 is 0 Å². The first-order valence-corrected chi connectivity index (χ1v) is 9.51. The topological polar surface area (TPSA) is 67.9 Å². The number of halogens is 2. The fourth-order valence-electron chi connectivity index (χ4n) is 3.20. The van der Waals surface area contributed by atoms with Crippen LogP contribution < -0.4 is 5.32 Å². The van der Waals surface area contributed by atoms with Crippen molar-refractivity contribution in [3.63, 3.8) is 0 Å². The number of nitrogens with zero attached hydrogens (tertiary/aromatic N) is 1. The van der Waals surface area contributed by atoms with Crippen LogP contribution in [0, 0.1) is 5.92 Å². The number of carbonyl (C=O) groups is 2. The number of carbonyl (C=O) groups excluding carboxylic acids is 2. The number of hydrogen-bond donors (Lipinski definition) is 1. The second-order valence-corrected chi connectivity index (χ2v) is 7.32. The molecule has 0 bridgehead atoms. The van der Waals surface area contributed by atoms with Crippen molar-refractivity contribution in [1.82, 2.24) is 10.2 Å². The molecular formula is C18H22Cl2N2O4. The summed E-state index contributed by atoms with van der Waals surface area (Å²) in [5.41, 5.74) is 0.566. The van der Waals surface area contributed by atoms with Crippen LogP contribution in [0.15, 0.2) is 18.2 Å². The number of rotatable bonds is 4. The van der Waals surface area contributed by atoms with Crippen LogP contribution in [-0.2, 0) is 9.47 Å². The highest BCUT2D eigenvalue weighted by molar-refractivity contribution is 6.42. The number of piperidine rings is 1. The molecule has 3 rings (SSSR count). The van der Waals surface area contributed by atoms with Crippen molar-refractivity contribution in [2.75, 3.05) is 39.5 Å². The average Bonchev–Trinajstić information content (AvgIpc) is 2.68. The summed E-state index contributed by atoms with van der Waals surface area (Å²) < 4.78 is 10.8. The van der Waals surface area contributed by atoms with Gasteiger partial charge in [0.25, 0.3) is 0 Å². The summed E-state index contributed by atoms with van der Waals surface area (Å²) in [6.07, 6.45) is 1.17. The monoisotopic (exact) mass is 400 g/mol. The Morgan fingerprint density at radius 2 is 1.92 bits per heavy atom. The lowest BCUT2D eigenvalue weighted by atomic mass is 9.89. The Hall–Kier alpha value is -1.34. The number of nitrogens with one attached hydrogen (secondary N) is 1. The summed E-state index contributed by atoms with van der Waals surface area (Å²) in [6.45, 7) is 3.19. The van der Waals surface area contributed by atoms with E-state index in [1.807, 2.05) is 0 Å². The smallest absolute Gasteiger partial charge is 0.317 e. The molecule has 26 heavy (non-hydrogen) atoms. The molecule has 0 unspecified atom stereocenters. The molecule has 0 aliphatic carbocycles.